The molecule has 0 saturated carbocycles. The monoisotopic (exact) mass is 511 g/mol. The normalized spacial score (nSPS) is 18.8. The van der Waals surface area contributed by atoms with Crippen LogP contribution >= 0.6 is 12.2 Å². The number of nitrogens with zero attached hydrogens (tertiary/aromatic N) is 3. The first-order valence-corrected chi connectivity index (χ1v) is 12.2. The largest absolute Gasteiger partial charge is 0.433 e. The number of hydrogen-bond donors (Lipinski definition) is 2. The zero-order valence-corrected chi connectivity index (χ0v) is 20.3. The molecule has 0 amide bonds. The van der Waals surface area contributed by atoms with Gasteiger partial charge in [0.2, 0.25) is 5.95 Å². The van der Waals surface area contributed by atoms with Crippen LogP contribution in [0.25, 0.3) is 0 Å². The number of benzene rings is 1. The predicted octanol–water partition coefficient (Wildman–Crippen LogP) is 4.91. The molecule has 0 atom stereocenters. The fourth-order valence-electron chi connectivity index (χ4n) is 4.56. The second kappa shape index (κ2) is 10.6. The highest BCUT2D eigenvalue weighted by atomic mass is 32.1. The van der Waals surface area contributed by atoms with Crippen LogP contribution in [0.15, 0.2) is 30.3 Å². The van der Waals surface area contributed by atoms with Crippen LogP contribution < -0.4 is 15.5 Å². The lowest BCUT2D eigenvalue weighted by molar-refractivity contribution is -0.141. The number of rotatable bonds is 5. The maximum atomic E-state index is 13.5. The number of nitrogens with one attached hydrogen (secondary N) is 2. The number of halogens is 4. The van der Waals surface area contributed by atoms with Gasteiger partial charge in [0.05, 0.1) is 0 Å². The summed E-state index contributed by atoms with van der Waals surface area (Å²) in [5, 5.41) is 5.98. The molecule has 2 aliphatic heterocycles. The van der Waals surface area contributed by atoms with E-state index < -0.39 is 11.9 Å². The molecule has 2 fully saturated rings. The van der Waals surface area contributed by atoms with Crippen LogP contribution in [0.3, 0.4) is 0 Å². The molecule has 2 N–H and O–H groups in total. The Morgan fingerprint density at radius 1 is 1.14 bits per heavy atom. The molecule has 2 aromatic rings. The molecule has 2 aliphatic rings. The standard InChI is InChI=1S/C24H29F4N5OS/c1-16-6-10-33(11-7-16)20-14-19(24(26,27)28)30-21(31-20)32-22(35)29-15-23(8-12-34-13-9-23)17-2-4-18(25)5-3-17/h2-5,14,16H,6-13,15H2,1H3,(H2,29,30,31,32,35). The number of thiocarbonyl (C=S) groups is 1. The van der Waals surface area contributed by atoms with Gasteiger partial charge in [0.1, 0.15) is 11.6 Å². The third-order valence-corrected chi connectivity index (χ3v) is 7.08. The highest BCUT2D eigenvalue weighted by Crippen LogP contribution is 2.35. The molecule has 190 valence electrons. The maximum Gasteiger partial charge on any atom is 0.433 e. The first-order valence-electron chi connectivity index (χ1n) is 11.7. The molecule has 0 bridgehead atoms. The van der Waals surface area contributed by atoms with E-state index in [9.17, 15) is 17.6 Å². The van der Waals surface area contributed by atoms with Crippen LogP contribution in [0.4, 0.5) is 29.3 Å². The number of piperidine rings is 1. The van der Waals surface area contributed by atoms with Gasteiger partial charge in [0, 0.05) is 44.3 Å². The summed E-state index contributed by atoms with van der Waals surface area (Å²) in [4.78, 5) is 9.85. The summed E-state index contributed by atoms with van der Waals surface area (Å²) in [5.41, 5.74) is -0.407. The van der Waals surface area contributed by atoms with Gasteiger partial charge < -0.3 is 20.3 Å². The van der Waals surface area contributed by atoms with Crippen molar-refractivity contribution in [2.24, 2.45) is 5.92 Å². The summed E-state index contributed by atoms with van der Waals surface area (Å²) < 4.78 is 59.6. The minimum absolute atomic E-state index is 0.121. The van der Waals surface area contributed by atoms with E-state index in [1.54, 1.807) is 12.1 Å². The van der Waals surface area contributed by atoms with Gasteiger partial charge >= 0.3 is 6.18 Å². The third kappa shape index (κ3) is 6.38. The number of ether oxygens (including phenoxy) is 1. The lowest BCUT2D eigenvalue weighted by atomic mass is 9.74. The molecule has 1 aromatic carbocycles. The van der Waals surface area contributed by atoms with E-state index in [-0.39, 0.29) is 28.1 Å². The number of anilines is 2. The fraction of sp³-hybridized carbons (Fsp3) is 0.542. The second-order valence-corrected chi connectivity index (χ2v) is 9.72. The van der Waals surface area contributed by atoms with Gasteiger partial charge in [-0.15, -0.1) is 0 Å². The zero-order valence-electron chi connectivity index (χ0n) is 19.5. The van der Waals surface area contributed by atoms with Crippen molar-refractivity contribution < 1.29 is 22.3 Å². The summed E-state index contributed by atoms with van der Waals surface area (Å²) >= 11 is 5.39. The van der Waals surface area contributed by atoms with Gasteiger partial charge in [-0.1, -0.05) is 19.1 Å². The minimum atomic E-state index is -4.61. The van der Waals surface area contributed by atoms with Crippen LogP contribution in [0.5, 0.6) is 0 Å². The van der Waals surface area contributed by atoms with Crippen molar-refractivity contribution in [3.8, 4) is 0 Å². The number of alkyl halides is 3. The topological polar surface area (TPSA) is 62.3 Å². The molecule has 6 nitrogen and oxygen atoms in total. The lowest BCUT2D eigenvalue weighted by Crippen LogP contribution is -2.45. The van der Waals surface area contributed by atoms with E-state index in [4.69, 9.17) is 17.0 Å². The van der Waals surface area contributed by atoms with Crippen molar-refractivity contribution in [3.05, 3.63) is 47.4 Å². The quantitative estimate of drug-likeness (QED) is 0.437. The van der Waals surface area contributed by atoms with Crippen LogP contribution in [0.2, 0.25) is 0 Å². The minimum Gasteiger partial charge on any atom is -0.381 e. The van der Waals surface area contributed by atoms with Gasteiger partial charge in [-0.3, -0.25) is 0 Å². The Hall–Kier alpha value is -2.53. The van der Waals surface area contributed by atoms with Crippen LogP contribution in [0, 0.1) is 11.7 Å². The molecule has 35 heavy (non-hydrogen) atoms. The van der Waals surface area contributed by atoms with Crippen LogP contribution in [0.1, 0.15) is 43.9 Å². The summed E-state index contributed by atoms with van der Waals surface area (Å²) in [7, 11) is 0. The average Bonchev–Trinajstić information content (AvgIpc) is 2.83. The highest BCUT2D eigenvalue weighted by Gasteiger charge is 2.36. The predicted molar refractivity (Wildman–Crippen MR) is 130 cm³/mol. The SMILES string of the molecule is CC1CCN(c2cc(C(F)(F)F)nc(NC(=S)NCC3(c4ccc(F)cc4)CCOCC3)n2)CC1. The Morgan fingerprint density at radius 3 is 2.43 bits per heavy atom. The molecule has 11 heteroatoms. The Balaban J connectivity index is 1.49. The van der Waals surface area contributed by atoms with Gasteiger partial charge in [-0.05, 0) is 61.5 Å². The molecule has 0 radical (unpaired) electrons. The molecule has 0 aliphatic carbocycles. The molecule has 2 saturated heterocycles. The van der Waals surface area contributed by atoms with Gasteiger partial charge in [0.15, 0.2) is 10.8 Å². The second-order valence-electron chi connectivity index (χ2n) is 9.31. The zero-order chi connectivity index (χ0) is 25.1. The van der Waals surface area contributed by atoms with Crippen molar-refractivity contribution in [1.29, 1.82) is 0 Å². The van der Waals surface area contributed by atoms with Crippen molar-refractivity contribution in [2.45, 2.75) is 44.2 Å². The highest BCUT2D eigenvalue weighted by molar-refractivity contribution is 7.80. The van der Waals surface area contributed by atoms with Gasteiger partial charge in [-0.25, -0.2) is 9.37 Å². The summed E-state index contributed by atoms with van der Waals surface area (Å²) in [6.45, 7) is 4.91. The van der Waals surface area contributed by atoms with Gasteiger partial charge in [-0.2, -0.15) is 18.2 Å². The van der Waals surface area contributed by atoms with Crippen molar-refractivity contribution >= 4 is 29.1 Å². The Bertz CT molecular complexity index is 1020. The van der Waals surface area contributed by atoms with Gasteiger partial charge in [0.25, 0.3) is 0 Å². The Kier molecular flexibility index (Phi) is 7.75. The van der Waals surface area contributed by atoms with E-state index in [1.165, 1.54) is 12.1 Å². The maximum absolute atomic E-state index is 13.5. The molecule has 4 rings (SSSR count). The smallest absolute Gasteiger partial charge is 0.381 e. The van der Waals surface area contributed by atoms with Crippen molar-refractivity contribution in [2.75, 3.05) is 43.1 Å². The van der Waals surface area contributed by atoms with Crippen molar-refractivity contribution in [3.63, 3.8) is 0 Å². The van der Waals surface area contributed by atoms with E-state index in [0.717, 1.165) is 24.5 Å². The molecule has 1 aromatic heterocycles. The average molecular weight is 512 g/mol. The summed E-state index contributed by atoms with van der Waals surface area (Å²) in [5.74, 6) is 0.246. The van der Waals surface area contributed by atoms with E-state index >= 15 is 0 Å². The molecule has 0 unspecified atom stereocenters. The Morgan fingerprint density at radius 2 is 1.80 bits per heavy atom. The fourth-order valence-corrected chi connectivity index (χ4v) is 4.73. The number of aromatic nitrogens is 2. The molecule has 3 heterocycles. The van der Waals surface area contributed by atoms with E-state index in [1.807, 2.05) is 4.90 Å². The third-order valence-electron chi connectivity index (χ3n) is 6.83. The number of hydrogen-bond acceptors (Lipinski definition) is 5. The first kappa shape index (κ1) is 25.6. The van der Waals surface area contributed by atoms with Crippen molar-refractivity contribution in [1.82, 2.24) is 15.3 Å². The molecule has 0 spiro atoms. The Labute approximate surface area is 207 Å². The lowest BCUT2D eigenvalue weighted by Gasteiger charge is -2.38. The summed E-state index contributed by atoms with van der Waals surface area (Å²) in [6, 6.07) is 7.33. The van der Waals surface area contributed by atoms with Crippen LogP contribution in [-0.4, -0.2) is 47.9 Å². The first-order chi connectivity index (χ1) is 16.6. The molecular formula is C24H29F4N5OS. The van der Waals surface area contributed by atoms with E-state index in [2.05, 4.69) is 27.5 Å². The van der Waals surface area contributed by atoms with E-state index in [0.29, 0.717) is 51.6 Å². The summed E-state index contributed by atoms with van der Waals surface area (Å²) in [6.07, 6.45) is -1.43. The van der Waals surface area contributed by atoms with Crippen LogP contribution in [-0.2, 0) is 16.3 Å². The molecular weight excluding hydrogens is 482 g/mol.